The maximum atomic E-state index is 12.1. The molecule has 0 bridgehead atoms. The number of carbonyl (C=O) groups excluding carboxylic acids is 2. The Hall–Kier alpha value is -4.13. The van der Waals surface area contributed by atoms with Gasteiger partial charge in [-0.15, -0.1) is 0 Å². The molecular formula is C23H20N4O3. The van der Waals surface area contributed by atoms with Crippen LogP contribution in [-0.4, -0.2) is 29.2 Å². The minimum atomic E-state index is -0.432. The highest BCUT2D eigenvalue weighted by molar-refractivity contribution is 6.00. The lowest BCUT2D eigenvalue weighted by Gasteiger charge is -2.08. The van der Waals surface area contributed by atoms with Crippen molar-refractivity contribution < 1.29 is 14.3 Å². The van der Waals surface area contributed by atoms with Gasteiger partial charge >= 0.3 is 0 Å². The third kappa shape index (κ3) is 4.15. The first-order valence-corrected chi connectivity index (χ1v) is 9.40. The summed E-state index contributed by atoms with van der Waals surface area (Å²) < 4.78 is 7.41. The summed E-state index contributed by atoms with van der Waals surface area (Å²) in [6, 6.07) is 21.1. The third-order valence-electron chi connectivity index (χ3n) is 4.65. The summed E-state index contributed by atoms with van der Waals surface area (Å²) >= 11 is 0. The van der Waals surface area contributed by atoms with Crippen LogP contribution in [0.5, 0.6) is 5.75 Å². The second-order valence-corrected chi connectivity index (χ2v) is 6.75. The molecule has 0 radical (unpaired) electrons. The van der Waals surface area contributed by atoms with Gasteiger partial charge in [-0.1, -0.05) is 54.6 Å². The number of ether oxygens (including phenoxy) is 1. The van der Waals surface area contributed by atoms with Crippen LogP contribution in [0.15, 0.2) is 78.0 Å². The van der Waals surface area contributed by atoms with Crippen LogP contribution in [0.25, 0.3) is 21.7 Å². The molecule has 0 aliphatic rings. The molecule has 0 saturated heterocycles. The fourth-order valence-electron chi connectivity index (χ4n) is 3.35. The van der Waals surface area contributed by atoms with Crippen molar-refractivity contribution in [2.24, 2.45) is 10.8 Å². The predicted molar refractivity (Wildman–Crippen MR) is 116 cm³/mol. The van der Waals surface area contributed by atoms with E-state index in [-0.39, 0.29) is 19.1 Å². The molecule has 0 atom stereocenters. The lowest BCUT2D eigenvalue weighted by atomic mass is 10.1. The smallest absolute Gasteiger partial charge is 0.277 e. The highest BCUT2D eigenvalue weighted by Gasteiger charge is 2.09. The van der Waals surface area contributed by atoms with Gasteiger partial charge in [0.05, 0.1) is 6.21 Å². The number of nitrogens with zero attached hydrogens (tertiary/aromatic N) is 2. The van der Waals surface area contributed by atoms with Crippen LogP contribution in [0, 0.1) is 0 Å². The summed E-state index contributed by atoms with van der Waals surface area (Å²) in [4.78, 5) is 23.4. The Kier molecular flexibility index (Phi) is 5.43. The maximum absolute atomic E-state index is 12.1. The van der Waals surface area contributed by atoms with E-state index in [1.165, 1.54) is 6.21 Å². The third-order valence-corrected chi connectivity index (χ3v) is 4.65. The van der Waals surface area contributed by atoms with Crippen molar-refractivity contribution in [1.29, 1.82) is 0 Å². The Labute approximate surface area is 172 Å². The number of benzene rings is 3. The van der Waals surface area contributed by atoms with Gasteiger partial charge in [0.2, 0.25) is 5.91 Å². The molecule has 30 heavy (non-hydrogen) atoms. The van der Waals surface area contributed by atoms with Crippen molar-refractivity contribution in [3.05, 3.63) is 78.5 Å². The lowest BCUT2D eigenvalue weighted by molar-refractivity contribution is -0.123. The second kappa shape index (κ2) is 8.48. The number of fused-ring (bicyclic) bond motifs is 2. The quantitative estimate of drug-likeness (QED) is 0.369. The van der Waals surface area contributed by atoms with Crippen molar-refractivity contribution in [3.63, 3.8) is 0 Å². The molecule has 2 amide bonds. The zero-order valence-corrected chi connectivity index (χ0v) is 16.1. The van der Waals surface area contributed by atoms with Crippen LogP contribution in [0.1, 0.15) is 5.56 Å². The molecular weight excluding hydrogens is 380 g/mol. The number of nitrogens with one attached hydrogen (secondary N) is 1. The molecule has 3 N–H and O–H groups in total. The number of rotatable bonds is 7. The van der Waals surface area contributed by atoms with Crippen molar-refractivity contribution in [3.8, 4) is 5.75 Å². The SMILES string of the molecule is NC(=O)Cn1cc(C=NNC(=O)COc2cccc3ccccc23)c2ccccc21. The highest BCUT2D eigenvalue weighted by Crippen LogP contribution is 2.25. The van der Waals surface area contributed by atoms with E-state index in [2.05, 4.69) is 10.5 Å². The molecule has 0 spiro atoms. The highest BCUT2D eigenvalue weighted by atomic mass is 16.5. The first-order chi connectivity index (χ1) is 14.6. The number of aromatic nitrogens is 1. The van der Waals surface area contributed by atoms with Crippen LogP contribution in [0.2, 0.25) is 0 Å². The van der Waals surface area contributed by atoms with E-state index >= 15 is 0 Å². The topological polar surface area (TPSA) is 98.7 Å². The molecule has 0 unspecified atom stereocenters. The second-order valence-electron chi connectivity index (χ2n) is 6.75. The summed E-state index contributed by atoms with van der Waals surface area (Å²) in [5.41, 5.74) is 9.42. The molecule has 3 aromatic carbocycles. The van der Waals surface area contributed by atoms with Gasteiger partial charge in [-0.25, -0.2) is 5.43 Å². The van der Waals surface area contributed by atoms with Crippen LogP contribution < -0.4 is 15.9 Å². The van der Waals surface area contributed by atoms with Crippen molar-refractivity contribution in [2.75, 3.05) is 6.61 Å². The average Bonchev–Trinajstić information content (AvgIpc) is 3.09. The van der Waals surface area contributed by atoms with Gasteiger partial charge in [0.15, 0.2) is 6.61 Å². The zero-order chi connectivity index (χ0) is 20.9. The van der Waals surface area contributed by atoms with E-state index in [0.29, 0.717) is 5.75 Å². The molecule has 1 aromatic heterocycles. The number of primary amides is 1. The van der Waals surface area contributed by atoms with E-state index in [9.17, 15) is 9.59 Å². The molecule has 7 nitrogen and oxygen atoms in total. The van der Waals surface area contributed by atoms with Gasteiger partial charge in [0, 0.05) is 28.0 Å². The van der Waals surface area contributed by atoms with E-state index < -0.39 is 5.91 Å². The van der Waals surface area contributed by atoms with Gasteiger partial charge in [-0.05, 0) is 17.5 Å². The Morgan fingerprint density at radius 2 is 1.73 bits per heavy atom. The number of amides is 2. The molecule has 1 heterocycles. The molecule has 4 rings (SSSR count). The van der Waals surface area contributed by atoms with Crippen molar-refractivity contribution in [1.82, 2.24) is 9.99 Å². The summed E-state index contributed by atoms with van der Waals surface area (Å²) in [5, 5.41) is 6.92. The molecule has 150 valence electrons. The minimum absolute atomic E-state index is 0.0690. The van der Waals surface area contributed by atoms with E-state index in [1.807, 2.05) is 66.7 Å². The predicted octanol–water partition coefficient (Wildman–Crippen LogP) is 2.81. The summed E-state index contributed by atoms with van der Waals surface area (Å²) in [7, 11) is 0. The Bertz CT molecular complexity index is 1250. The van der Waals surface area contributed by atoms with Gasteiger partial charge in [0.25, 0.3) is 5.91 Å². The molecule has 4 aromatic rings. The fraction of sp³-hybridized carbons (Fsp3) is 0.0870. The normalized spacial score (nSPS) is 11.2. The first-order valence-electron chi connectivity index (χ1n) is 9.40. The minimum Gasteiger partial charge on any atom is -0.483 e. The molecule has 0 aliphatic heterocycles. The van der Waals surface area contributed by atoms with Crippen LogP contribution in [-0.2, 0) is 16.1 Å². The Morgan fingerprint density at radius 3 is 2.57 bits per heavy atom. The molecule has 7 heteroatoms. The number of para-hydroxylation sites is 1. The molecule has 0 fully saturated rings. The standard InChI is InChI=1S/C23H20N4O3/c24-22(28)14-27-13-17(18-8-3-4-10-20(18)27)12-25-26-23(29)15-30-21-11-5-7-16-6-1-2-9-19(16)21/h1-13H,14-15H2,(H2,24,28)(H,26,29). The number of carbonyl (C=O) groups is 2. The Morgan fingerprint density at radius 1 is 1.00 bits per heavy atom. The first kappa shape index (κ1) is 19.2. The lowest BCUT2D eigenvalue weighted by Crippen LogP contribution is -2.24. The number of hydrogen-bond donors (Lipinski definition) is 2. The molecule has 0 saturated carbocycles. The maximum Gasteiger partial charge on any atom is 0.277 e. The summed E-state index contributed by atoms with van der Waals surface area (Å²) in [5.74, 6) is -0.167. The van der Waals surface area contributed by atoms with Crippen LogP contribution in [0.4, 0.5) is 0 Å². The Balaban J connectivity index is 1.42. The van der Waals surface area contributed by atoms with Gasteiger partial charge in [-0.3, -0.25) is 9.59 Å². The monoisotopic (exact) mass is 400 g/mol. The van der Waals surface area contributed by atoms with Crippen LogP contribution >= 0.6 is 0 Å². The van der Waals surface area contributed by atoms with E-state index in [0.717, 1.165) is 27.2 Å². The van der Waals surface area contributed by atoms with E-state index in [4.69, 9.17) is 10.5 Å². The fourth-order valence-corrected chi connectivity index (χ4v) is 3.35. The summed E-state index contributed by atoms with van der Waals surface area (Å²) in [6.07, 6.45) is 3.31. The largest absolute Gasteiger partial charge is 0.483 e. The number of hydrogen-bond acceptors (Lipinski definition) is 4. The average molecular weight is 400 g/mol. The number of hydrazone groups is 1. The van der Waals surface area contributed by atoms with Crippen molar-refractivity contribution >= 4 is 39.7 Å². The van der Waals surface area contributed by atoms with Gasteiger partial charge < -0.3 is 15.0 Å². The summed E-state index contributed by atoms with van der Waals surface area (Å²) in [6.45, 7) is -0.0889. The number of nitrogens with two attached hydrogens (primary N) is 1. The van der Waals surface area contributed by atoms with Crippen molar-refractivity contribution in [2.45, 2.75) is 6.54 Å². The van der Waals surface area contributed by atoms with Gasteiger partial charge in [-0.2, -0.15) is 5.10 Å². The molecule has 0 aliphatic carbocycles. The zero-order valence-electron chi connectivity index (χ0n) is 16.1. The van der Waals surface area contributed by atoms with Gasteiger partial charge in [0.1, 0.15) is 12.3 Å². The van der Waals surface area contributed by atoms with Crippen LogP contribution in [0.3, 0.4) is 0 Å². The van der Waals surface area contributed by atoms with E-state index in [1.54, 1.807) is 10.8 Å².